The third-order valence-electron chi connectivity index (χ3n) is 5.47. The fourth-order valence-corrected chi connectivity index (χ4v) is 5.16. The maximum absolute atomic E-state index is 13.2. The van der Waals surface area contributed by atoms with Gasteiger partial charge in [0.15, 0.2) is 0 Å². The average molecular weight is 495 g/mol. The molecule has 8 nitrogen and oxygen atoms in total. The van der Waals surface area contributed by atoms with Crippen molar-refractivity contribution >= 4 is 32.5 Å². The Morgan fingerprint density at radius 3 is 2.47 bits per heavy atom. The third-order valence-corrected chi connectivity index (χ3v) is 7.36. The van der Waals surface area contributed by atoms with E-state index in [1.165, 1.54) is 41.6 Å². The summed E-state index contributed by atoms with van der Waals surface area (Å²) < 4.78 is 72.2. The Bertz CT molecular complexity index is 1430. The lowest BCUT2D eigenvalue weighted by Gasteiger charge is -2.26. The van der Waals surface area contributed by atoms with Crippen LogP contribution in [-0.4, -0.2) is 49.9 Å². The predicted octanol–water partition coefficient (Wildman–Crippen LogP) is 3.13. The molecule has 1 aliphatic rings. The van der Waals surface area contributed by atoms with E-state index >= 15 is 0 Å². The van der Waals surface area contributed by atoms with Crippen LogP contribution in [0.1, 0.15) is 21.5 Å². The van der Waals surface area contributed by atoms with Crippen molar-refractivity contribution in [2.45, 2.75) is 18.0 Å². The van der Waals surface area contributed by atoms with E-state index in [-0.39, 0.29) is 58.9 Å². The van der Waals surface area contributed by atoms with Crippen LogP contribution in [0.3, 0.4) is 0 Å². The van der Waals surface area contributed by atoms with Gasteiger partial charge in [-0.05, 0) is 42.8 Å². The van der Waals surface area contributed by atoms with Gasteiger partial charge in [0.2, 0.25) is 15.6 Å². The number of benzene rings is 2. The molecule has 12 heteroatoms. The Hall–Kier alpha value is -3.22. The summed E-state index contributed by atoms with van der Waals surface area (Å²) in [5.41, 5.74) is -1.62. The average Bonchev–Trinajstić information content (AvgIpc) is 2.79. The van der Waals surface area contributed by atoms with Gasteiger partial charge < -0.3 is 15.0 Å². The number of carbonyl (C=O) groups is 1. The molecule has 0 spiro atoms. The first-order valence-electron chi connectivity index (χ1n) is 10.2. The van der Waals surface area contributed by atoms with Crippen molar-refractivity contribution in [1.29, 1.82) is 0 Å². The number of aromatic amines is 1. The van der Waals surface area contributed by atoms with Crippen molar-refractivity contribution in [3.05, 3.63) is 69.5 Å². The number of amides is 1. The van der Waals surface area contributed by atoms with Gasteiger partial charge in [-0.15, -0.1) is 0 Å². The number of alkyl halides is 3. The predicted molar refractivity (Wildman–Crippen MR) is 118 cm³/mol. The van der Waals surface area contributed by atoms with Crippen molar-refractivity contribution in [2.24, 2.45) is 0 Å². The monoisotopic (exact) mass is 495 g/mol. The van der Waals surface area contributed by atoms with E-state index in [1.54, 1.807) is 0 Å². The normalized spacial score (nSPS) is 15.4. The number of hydrogen-bond acceptors (Lipinski definition) is 5. The van der Waals surface area contributed by atoms with Gasteiger partial charge in [0.25, 0.3) is 5.91 Å². The van der Waals surface area contributed by atoms with Crippen LogP contribution in [0.2, 0.25) is 0 Å². The van der Waals surface area contributed by atoms with Crippen LogP contribution in [0.5, 0.6) is 0 Å². The topological polar surface area (TPSA) is 109 Å². The van der Waals surface area contributed by atoms with E-state index in [9.17, 15) is 31.2 Å². The molecule has 0 unspecified atom stereocenters. The Labute approximate surface area is 192 Å². The van der Waals surface area contributed by atoms with E-state index in [2.05, 4.69) is 10.3 Å². The van der Waals surface area contributed by atoms with Crippen molar-refractivity contribution < 1.29 is 31.1 Å². The van der Waals surface area contributed by atoms with Crippen molar-refractivity contribution in [1.82, 2.24) is 9.29 Å². The molecule has 0 radical (unpaired) electrons. The van der Waals surface area contributed by atoms with Gasteiger partial charge in [0.05, 0.1) is 29.2 Å². The zero-order valence-electron chi connectivity index (χ0n) is 17.9. The van der Waals surface area contributed by atoms with E-state index < -0.39 is 33.2 Å². The maximum atomic E-state index is 13.2. The van der Waals surface area contributed by atoms with Crippen molar-refractivity contribution in [3.8, 4) is 0 Å². The molecule has 4 rings (SSSR count). The number of nitrogens with one attached hydrogen (secondary N) is 2. The molecule has 0 saturated carbocycles. The minimum Gasteiger partial charge on any atom is -0.379 e. The van der Waals surface area contributed by atoms with E-state index in [4.69, 9.17) is 4.74 Å². The fraction of sp³-hybridized carbons (Fsp3) is 0.273. The largest absolute Gasteiger partial charge is 0.416 e. The summed E-state index contributed by atoms with van der Waals surface area (Å²) in [7, 11) is -3.89. The van der Waals surface area contributed by atoms with Gasteiger partial charge in [0, 0.05) is 35.7 Å². The summed E-state index contributed by atoms with van der Waals surface area (Å²) in [6.07, 6.45) is -4.61. The molecule has 180 valence electrons. The maximum Gasteiger partial charge on any atom is 0.416 e. The first-order valence-corrected chi connectivity index (χ1v) is 11.6. The van der Waals surface area contributed by atoms with Gasteiger partial charge >= 0.3 is 6.18 Å². The number of hydrogen-bond donors (Lipinski definition) is 2. The number of aryl methyl sites for hydroxylation is 1. The molecule has 34 heavy (non-hydrogen) atoms. The molecular weight excluding hydrogens is 475 g/mol. The highest BCUT2D eigenvalue weighted by Crippen LogP contribution is 2.33. The van der Waals surface area contributed by atoms with Gasteiger partial charge in [-0.1, -0.05) is 6.07 Å². The molecule has 2 N–H and O–H groups in total. The highest BCUT2D eigenvalue weighted by atomic mass is 32.2. The number of nitrogens with zero attached hydrogens (tertiary/aromatic N) is 1. The number of morpholine rings is 1. The lowest BCUT2D eigenvalue weighted by Crippen LogP contribution is -2.40. The lowest BCUT2D eigenvalue weighted by atomic mass is 10.1. The van der Waals surface area contributed by atoms with Crippen LogP contribution in [0.15, 0.2) is 52.2 Å². The number of aromatic nitrogens is 1. The molecule has 3 aromatic rings. The summed E-state index contributed by atoms with van der Waals surface area (Å²) in [5, 5.41) is 2.50. The van der Waals surface area contributed by atoms with Crippen LogP contribution in [0.4, 0.5) is 18.9 Å². The molecule has 1 aromatic heterocycles. The summed E-state index contributed by atoms with van der Waals surface area (Å²) in [4.78, 5) is 27.5. The summed E-state index contributed by atoms with van der Waals surface area (Å²) >= 11 is 0. The number of H-pyrrole nitrogens is 1. The Balaban J connectivity index is 1.74. The standard InChI is InChI=1S/C22H20F3N3O5S/c1-13-2-3-14(10-18(13)22(23,24)25)26-21(30)17-12-20(29)27-19-5-4-15(11-16(17)19)34(31,32)28-6-8-33-9-7-28/h2-5,10-12H,6-9H2,1H3,(H,26,30)(H,27,29). The molecule has 1 fully saturated rings. The summed E-state index contributed by atoms with van der Waals surface area (Å²) in [6.45, 7) is 2.16. The lowest BCUT2D eigenvalue weighted by molar-refractivity contribution is -0.138. The second-order valence-corrected chi connectivity index (χ2v) is 9.69. The first kappa shape index (κ1) is 23.9. The zero-order valence-corrected chi connectivity index (χ0v) is 18.7. The molecule has 0 aliphatic carbocycles. The zero-order chi connectivity index (χ0) is 24.7. The first-order chi connectivity index (χ1) is 16.0. The number of ether oxygens (including phenoxy) is 1. The minimum absolute atomic E-state index is 0.00920. The Morgan fingerprint density at radius 1 is 1.09 bits per heavy atom. The minimum atomic E-state index is -4.61. The van der Waals surface area contributed by atoms with Crippen LogP contribution < -0.4 is 10.9 Å². The quantitative estimate of drug-likeness (QED) is 0.578. The van der Waals surface area contributed by atoms with E-state index in [1.807, 2.05) is 0 Å². The Kier molecular flexibility index (Phi) is 6.23. The number of pyridine rings is 1. The molecule has 0 atom stereocenters. The number of halogens is 3. The third kappa shape index (κ3) is 4.69. The molecular formula is C22H20F3N3O5S. The summed E-state index contributed by atoms with van der Waals surface area (Å²) in [5.74, 6) is -0.853. The SMILES string of the molecule is Cc1ccc(NC(=O)c2cc(=O)[nH]c3ccc(S(=O)(=O)N4CCOCC4)cc23)cc1C(F)(F)F. The molecule has 1 amide bonds. The number of fused-ring (bicyclic) bond motifs is 1. The highest BCUT2D eigenvalue weighted by Gasteiger charge is 2.33. The Morgan fingerprint density at radius 2 is 1.79 bits per heavy atom. The number of sulfonamides is 1. The van der Waals surface area contributed by atoms with E-state index in [0.29, 0.717) is 0 Å². The second kappa shape index (κ2) is 8.85. The summed E-state index contributed by atoms with van der Waals surface area (Å²) in [6, 6.07) is 8.27. The molecule has 1 aliphatic heterocycles. The van der Waals surface area contributed by atoms with Crippen LogP contribution in [0, 0.1) is 6.92 Å². The van der Waals surface area contributed by atoms with Crippen LogP contribution in [-0.2, 0) is 20.9 Å². The molecule has 1 saturated heterocycles. The second-order valence-electron chi connectivity index (χ2n) is 7.75. The van der Waals surface area contributed by atoms with Gasteiger partial charge in [0.1, 0.15) is 0 Å². The number of rotatable bonds is 4. The smallest absolute Gasteiger partial charge is 0.379 e. The number of anilines is 1. The van der Waals surface area contributed by atoms with Gasteiger partial charge in [-0.2, -0.15) is 17.5 Å². The molecule has 0 bridgehead atoms. The van der Waals surface area contributed by atoms with E-state index in [0.717, 1.165) is 12.1 Å². The van der Waals surface area contributed by atoms with Crippen LogP contribution >= 0.6 is 0 Å². The van der Waals surface area contributed by atoms with Crippen LogP contribution in [0.25, 0.3) is 10.9 Å². The van der Waals surface area contributed by atoms with Crippen molar-refractivity contribution in [3.63, 3.8) is 0 Å². The fourth-order valence-electron chi connectivity index (χ4n) is 3.72. The number of carbonyl (C=O) groups excluding carboxylic acids is 1. The van der Waals surface area contributed by atoms with Crippen molar-refractivity contribution in [2.75, 3.05) is 31.6 Å². The highest BCUT2D eigenvalue weighted by molar-refractivity contribution is 7.89. The molecule has 2 aromatic carbocycles. The van der Waals surface area contributed by atoms with Gasteiger partial charge in [-0.3, -0.25) is 9.59 Å². The van der Waals surface area contributed by atoms with Gasteiger partial charge in [-0.25, -0.2) is 8.42 Å². The molecule has 2 heterocycles.